The summed E-state index contributed by atoms with van der Waals surface area (Å²) < 4.78 is 23.0. The lowest BCUT2D eigenvalue weighted by molar-refractivity contribution is -0.870. The average Bonchev–Trinajstić information content (AvgIpc) is 2.74. The van der Waals surface area contributed by atoms with Crippen LogP contribution in [0.1, 0.15) is 78.1 Å². The molecule has 0 rings (SSSR count). The number of hydrogen-bond donors (Lipinski definition) is 3. The van der Waals surface area contributed by atoms with E-state index in [4.69, 9.17) is 9.05 Å². The van der Waals surface area contributed by atoms with Gasteiger partial charge in [0, 0.05) is 6.42 Å². The minimum absolute atomic E-state index is 0.0553. The van der Waals surface area contributed by atoms with Gasteiger partial charge in [0.1, 0.15) is 13.2 Å². The molecule has 0 aromatic carbocycles. The molecule has 0 aliphatic heterocycles. The molecule has 8 nitrogen and oxygen atoms in total. The van der Waals surface area contributed by atoms with E-state index >= 15 is 0 Å². The molecule has 0 heterocycles. The van der Waals surface area contributed by atoms with Crippen LogP contribution in [0.2, 0.25) is 0 Å². The number of aliphatic hydroxyl groups excluding tert-OH is 1. The van der Waals surface area contributed by atoms with Crippen molar-refractivity contribution in [1.29, 1.82) is 0 Å². The number of quaternary nitrogens is 1. The van der Waals surface area contributed by atoms with Crippen molar-refractivity contribution in [3.63, 3.8) is 0 Å². The molecule has 3 N–H and O–H groups in total. The lowest BCUT2D eigenvalue weighted by Crippen LogP contribution is -2.45. The average molecular weight is 506 g/mol. The third-order valence-corrected chi connectivity index (χ3v) is 6.16. The van der Waals surface area contributed by atoms with E-state index in [1.807, 2.05) is 27.2 Å². The van der Waals surface area contributed by atoms with Crippen LogP contribution in [-0.2, 0) is 18.4 Å². The highest BCUT2D eigenvalue weighted by atomic mass is 31.2. The number of nitrogens with one attached hydrogen (secondary N) is 1. The fourth-order valence-electron chi connectivity index (χ4n) is 2.99. The molecule has 0 saturated heterocycles. The lowest BCUT2D eigenvalue weighted by Gasteiger charge is -2.25. The fraction of sp³-hybridized carbons (Fsp3) is 0.800. The fourth-order valence-corrected chi connectivity index (χ4v) is 3.73. The standard InChI is InChI=1S/C25H49N2O6P/c1-6-8-10-11-12-13-14-15-17-18-24(28)23(26-25(29)19-16-9-7-2)22-33-34(30,31)32-21-20-27(3,4)5/h12-13,17-18,23-24,28H,6-11,14-16,19-22H2,1-5H3,(H-,26,29,30,31)/p+1/b13-12+,18-17+. The number of carbonyl (C=O) groups excluding carboxylic acids is 1. The van der Waals surface area contributed by atoms with Crippen molar-refractivity contribution in [3.8, 4) is 0 Å². The van der Waals surface area contributed by atoms with Crippen molar-refractivity contribution in [3.05, 3.63) is 24.3 Å². The minimum atomic E-state index is -4.30. The lowest BCUT2D eigenvalue weighted by atomic mass is 10.1. The van der Waals surface area contributed by atoms with E-state index < -0.39 is 20.0 Å². The van der Waals surface area contributed by atoms with Crippen LogP contribution in [0.4, 0.5) is 0 Å². The van der Waals surface area contributed by atoms with Crippen molar-refractivity contribution in [1.82, 2.24) is 5.32 Å². The Morgan fingerprint density at radius 3 is 2.24 bits per heavy atom. The van der Waals surface area contributed by atoms with Gasteiger partial charge in [-0.1, -0.05) is 63.8 Å². The Morgan fingerprint density at radius 1 is 0.971 bits per heavy atom. The topological polar surface area (TPSA) is 105 Å². The number of phosphoric ester groups is 1. The first-order valence-electron chi connectivity index (χ1n) is 12.7. The van der Waals surface area contributed by atoms with Gasteiger partial charge in [-0.25, -0.2) is 4.57 Å². The predicted molar refractivity (Wildman–Crippen MR) is 138 cm³/mol. The zero-order valence-electron chi connectivity index (χ0n) is 22.1. The number of unbranched alkanes of at least 4 members (excludes halogenated alkanes) is 6. The number of phosphoric acid groups is 1. The van der Waals surface area contributed by atoms with Crippen molar-refractivity contribution >= 4 is 13.7 Å². The first-order chi connectivity index (χ1) is 16.0. The molecule has 0 saturated carbocycles. The Morgan fingerprint density at radius 2 is 1.59 bits per heavy atom. The van der Waals surface area contributed by atoms with E-state index in [0.717, 1.165) is 38.5 Å². The number of amides is 1. The highest BCUT2D eigenvalue weighted by Gasteiger charge is 2.27. The van der Waals surface area contributed by atoms with E-state index in [1.165, 1.54) is 19.3 Å². The van der Waals surface area contributed by atoms with Crippen LogP contribution >= 0.6 is 7.82 Å². The molecule has 3 unspecified atom stereocenters. The van der Waals surface area contributed by atoms with Gasteiger partial charge in [-0.3, -0.25) is 13.8 Å². The Hall–Kier alpha value is -1.02. The van der Waals surface area contributed by atoms with Gasteiger partial charge in [-0.05, 0) is 32.1 Å². The van der Waals surface area contributed by atoms with Gasteiger partial charge in [0.2, 0.25) is 5.91 Å². The number of nitrogens with zero attached hydrogens (tertiary/aromatic N) is 1. The molecule has 9 heteroatoms. The maximum atomic E-state index is 12.3. The van der Waals surface area contributed by atoms with Crippen LogP contribution < -0.4 is 5.32 Å². The summed E-state index contributed by atoms with van der Waals surface area (Å²) in [6.07, 6.45) is 16.1. The summed E-state index contributed by atoms with van der Waals surface area (Å²) in [4.78, 5) is 22.3. The Bertz CT molecular complexity index is 633. The molecule has 34 heavy (non-hydrogen) atoms. The number of hydrogen-bond acceptors (Lipinski definition) is 5. The second kappa shape index (κ2) is 19.2. The van der Waals surface area contributed by atoms with Crippen molar-refractivity contribution in [2.45, 2.75) is 90.2 Å². The van der Waals surface area contributed by atoms with Gasteiger partial charge in [-0.2, -0.15) is 0 Å². The zero-order valence-corrected chi connectivity index (χ0v) is 23.0. The Kier molecular flexibility index (Phi) is 18.6. The van der Waals surface area contributed by atoms with Crippen LogP contribution in [0.3, 0.4) is 0 Å². The van der Waals surface area contributed by atoms with Crippen molar-refractivity contribution in [2.75, 3.05) is 40.9 Å². The van der Waals surface area contributed by atoms with Crippen molar-refractivity contribution < 1.29 is 32.9 Å². The summed E-state index contributed by atoms with van der Waals surface area (Å²) >= 11 is 0. The molecular weight excluding hydrogens is 455 g/mol. The van der Waals surface area contributed by atoms with Crippen LogP contribution in [0.25, 0.3) is 0 Å². The Balaban J connectivity index is 4.77. The Labute approximate surface area is 207 Å². The molecule has 0 aliphatic carbocycles. The van der Waals surface area contributed by atoms with Crippen molar-refractivity contribution in [2.24, 2.45) is 0 Å². The molecule has 0 bridgehead atoms. The summed E-state index contributed by atoms with van der Waals surface area (Å²) in [5.41, 5.74) is 0. The van der Waals surface area contributed by atoms with Crippen LogP contribution in [-0.4, -0.2) is 73.4 Å². The predicted octanol–water partition coefficient (Wildman–Crippen LogP) is 4.73. The van der Waals surface area contributed by atoms with Gasteiger partial charge in [0.25, 0.3) is 0 Å². The summed E-state index contributed by atoms with van der Waals surface area (Å²) in [6.45, 7) is 4.50. The van der Waals surface area contributed by atoms with Crippen LogP contribution in [0.15, 0.2) is 24.3 Å². The second-order valence-corrected chi connectivity index (χ2v) is 11.2. The molecule has 200 valence electrons. The zero-order chi connectivity index (χ0) is 25.9. The van der Waals surface area contributed by atoms with E-state index in [1.54, 1.807) is 6.08 Å². The maximum absolute atomic E-state index is 12.3. The summed E-state index contributed by atoms with van der Waals surface area (Å²) in [5.74, 6) is -0.219. The number of rotatable bonds is 21. The normalized spacial score (nSPS) is 16.1. The number of likely N-dealkylation sites (N-methyl/N-ethyl adjacent to an activating group) is 1. The molecule has 3 atom stereocenters. The van der Waals surface area contributed by atoms with Crippen LogP contribution in [0.5, 0.6) is 0 Å². The van der Waals surface area contributed by atoms with E-state index in [0.29, 0.717) is 17.4 Å². The first kappa shape index (κ1) is 33.0. The molecule has 0 aromatic heterocycles. The number of carbonyl (C=O) groups is 1. The number of allylic oxidation sites excluding steroid dienone is 3. The smallest absolute Gasteiger partial charge is 0.387 e. The SMILES string of the molecule is CCCCC/C=C/CC/C=C/C(O)C(COP(=O)(O)OCC[N+](C)(C)C)NC(=O)CCCCC. The van der Waals surface area contributed by atoms with E-state index in [-0.39, 0.29) is 19.1 Å². The maximum Gasteiger partial charge on any atom is 0.472 e. The van der Waals surface area contributed by atoms with E-state index in [2.05, 4.69) is 31.3 Å². The minimum Gasteiger partial charge on any atom is -0.387 e. The molecule has 0 aliphatic rings. The van der Waals surface area contributed by atoms with Gasteiger partial charge >= 0.3 is 7.82 Å². The third kappa shape index (κ3) is 20.4. The monoisotopic (exact) mass is 505 g/mol. The van der Waals surface area contributed by atoms with E-state index in [9.17, 15) is 19.4 Å². The number of aliphatic hydroxyl groups is 1. The summed E-state index contributed by atoms with van der Waals surface area (Å²) in [7, 11) is 1.54. The molecule has 0 spiro atoms. The summed E-state index contributed by atoms with van der Waals surface area (Å²) in [5, 5.41) is 13.3. The van der Waals surface area contributed by atoms with Gasteiger partial charge in [0.05, 0.1) is 39.9 Å². The second-order valence-electron chi connectivity index (χ2n) is 9.71. The van der Waals surface area contributed by atoms with Gasteiger partial charge in [-0.15, -0.1) is 0 Å². The molecule has 0 radical (unpaired) electrons. The van der Waals surface area contributed by atoms with Gasteiger partial charge in [0.15, 0.2) is 0 Å². The molecule has 0 aromatic rings. The molecule has 0 fully saturated rings. The van der Waals surface area contributed by atoms with Crippen LogP contribution in [0, 0.1) is 0 Å². The highest BCUT2D eigenvalue weighted by molar-refractivity contribution is 7.47. The molecular formula is C25H50N2O6P+. The first-order valence-corrected chi connectivity index (χ1v) is 14.2. The quantitative estimate of drug-likeness (QED) is 0.0902. The van der Waals surface area contributed by atoms with Gasteiger partial charge < -0.3 is 19.8 Å². The highest BCUT2D eigenvalue weighted by Crippen LogP contribution is 2.43. The largest absolute Gasteiger partial charge is 0.472 e. The third-order valence-electron chi connectivity index (χ3n) is 5.17. The summed E-state index contributed by atoms with van der Waals surface area (Å²) in [6, 6.07) is -0.850. The molecule has 1 amide bonds.